The minimum Gasteiger partial charge on any atom is -0.497 e. The largest absolute Gasteiger partial charge is 0.497 e. The molecule has 25 heavy (non-hydrogen) atoms. The fourth-order valence-corrected chi connectivity index (χ4v) is 3.24. The van der Waals surface area contributed by atoms with Crippen molar-refractivity contribution in [3.63, 3.8) is 0 Å². The smallest absolute Gasteiger partial charge is 0.235 e. The lowest BCUT2D eigenvalue weighted by atomic mass is 10.2. The van der Waals surface area contributed by atoms with Crippen molar-refractivity contribution in [1.29, 1.82) is 0 Å². The Morgan fingerprint density at radius 2 is 1.84 bits per heavy atom. The molecule has 0 bridgehead atoms. The van der Waals surface area contributed by atoms with Crippen LogP contribution in [0.1, 0.15) is 10.6 Å². The Bertz CT molecular complexity index is 1010. The Hall–Kier alpha value is -2.93. The van der Waals surface area contributed by atoms with E-state index >= 15 is 0 Å². The molecule has 2 aromatic heterocycles. The third-order valence-corrected chi connectivity index (χ3v) is 4.70. The molecule has 2 heterocycles. The van der Waals surface area contributed by atoms with Crippen LogP contribution < -0.4 is 9.47 Å². The van der Waals surface area contributed by atoms with Crippen molar-refractivity contribution in [2.45, 2.75) is 13.5 Å². The van der Waals surface area contributed by atoms with Gasteiger partial charge in [0.05, 0.1) is 7.11 Å². The standard InChI is InChI=1S/C18H16N4O2S/c1-12-5-3-4-6-15(12)24-11-16-21-22-17(19-20-18(22)25-16)13-7-9-14(23-2)10-8-13/h3-10H,11H2,1-2H3. The summed E-state index contributed by atoms with van der Waals surface area (Å²) in [5, 5.41) is 13.9. The molecule has 0 unspecified atom stereocenters. The molecule has 0 N–H and O–H groups in total. The summed E-state index contributed by atoms with van der Waals surface area (Å²) < 4.78 is 12.8. The third-order valence-electron chi connectivity index (χ3n) is 3.83. The van der Waals surface area contributed by atoms with Gasteiger partial charge in [-0.1, -0.05) is 29.5 Å². The number of hydrogen-bond donors (Lipinski definition) is 0. The van der Waals surface area contributed by atoms with Crippen LogP contribution in [0.15, 0.2) is 48.5 Å². The lowest BCUT2D eigenvalue weighted by Crippen LogP contribution is -1.98. The monoisotopic (exact) mass is 352 g/mol. The Labute approximate surface area is 148 Å². The number of nitrogens with zero attached hydrogens (tertiary/aromatic N) is 4. The molecule has 4 aromatic rings. The molecule has 0 aliphatic rings. The maximum atomic E-state index is 5.87. The molecule has 4 rings (SSSR count). The quantitative estimate of drug-likeness (QED) is 0.547. The van der Waals surface area contributed by atoms with E-state index in [1.807, 2.05) is 55.5 Å². The van der Waals surface area contributed by atoms with Gasteiger partial charge in [-0.15, -0.1) is 10.2 Å². The summed E-state index contributed by atoms with van der Waals surface area (Å²) in [6, 6.07) is 15.6. The van der Waals surface area contributed by atoms with Crippen LogP contribution in [-0.4, -0.2) is 26.9 Å². The SMILES string of the molecule is COc1ccc(-c2nnc3sc(COc4ccccc4C)nn23)cc1. The number of methoxy groups -OCH3 is 1. The fraction of sp³-hybridized carbons (Fsp3) is 0.167. The molecule has 2 aromatic carbocycles. The minimum atomic E-state index is 0.404. The predicted octanol–water partition coefficient (Wildman–Crippen LogP) is 3.75. The first-order valence-corrected chi connectivity index (χ1v) is 8.60. The first-order valence-electron chi connectivity index (χ1n) is 7.78. The van der Waals surface area contributed by atoms with Gasteiger partial charge in [-0.25, -0.2) is 0 Å². The molecular weight excluding hydrogens is 336 g/mol. The molecule has 0 saturated heterocycles. The summed E-state index contributed by atoms with van der Waals surface area (Å²) >= 11 is 1.47. The fourth-order valence-electron chi connectivity index (χ4n) is 2.49. The van der Waals surface area contributed by atoms with Crippen LogP contribution in [0.2, 0.25) is 0 Å². The molecule has 7 heteroatoms. The lowest BCUT2D eigenvalue weighted by molar-refractivity contribution is 0.302. The van der Waals surface area contributed by atoms with Gasteiger partial charge in [0.15, 0.2) is 10.8 Å². The second-order valence-electron chi connectivity index (χ2n) is 5.50. The van der Waals surface area contributed by atoms with E-state index in [9.17, 15) is 0 Å². The highest BCUT2D eigenvalue weighted by Gasteiger charge is 2.14. The molecule has 0 aliphatic heterocycles. The Kier molecular flexibility index (Phi) is 4.07. The van der Waals surface area contributed by atoms with Crippen LogP contribution in [0, 0.1) is 6.92 Å². The molecular formula is C18H16N4O2S. The van der Waals surface area contributed by atoms with E-state index in [1.165, 1.54) is 11.3 Å². The van der Waals surface area contributed by atoms with Gasteiger partial charge in [0, 0.05) is 5.56 Å². The van der Waals surface area contributed by atoms with Crippen LogP contribution in [0.25, 0.3) is 16.3 Å². The lowest BCUT2D eigenvalue weighted by Gasteiger charge is -2.06. The van der Waals surface area contributed by atoms with Crippen molar-refractivity contribution < 1.29 is 9.47 Å². The van der Waals surface area contributed by atoms with Crippen LogP contribution in [0.4, 0.5) is 0 Å². The number of para-hydroxylation sites is 1. The first-order chi connectivity index (χ1) is 12.2. The molecule has 126 valence electrons. The number of fused-ring (bicyclic) bond motifs is 1. The van der Waals surface area contributed by atoms with E-state index in [2.05, 4.69) is 15.3 Å². The van der Waals surface area contributed by atoms with Crippen LogP contribution >= 0.6 is 11.3 Å². The molecule has 0 fully saturated rings. The van der Waals surface area contributed by atoms with Crippen molar-refractivity contribution in [1.82, 2.24) is 19.8 Å². The van der Waals surface area contributed by atoms with E-state index in [1.54, 1.807) is 11.6 Å². The summed E-state index contributed by atoms with van der Waals surface area (Å²) in [5.41, 5.74) is 2.04. The maximum absolute atomic E-state index is 5.87. The molecule has 6 nitrogen and oxygen atoms in total. The Morgan fingerprint density at radius 1 is 1.04 bits per heavy atom. The van der Waals surface area contributed by atoms with Crippen molar-refractivity contribution in [2.24, 2.45) is 0 Å². The topological polar surface area (TPSA) is 61.5 Å². The average Bonchev–Trinajstić information content (AvgIpc) is 3.21. The highest BCUT2D eigenvalue weighted by atomic mass is 32.1. The van der Waals surface area contributed by atoms with Crippen molar-refractivity contribution in [2.75, 3.05) is 7.11 Å². The van der Waals surface area contributed by atoms with Gasteiger partial charge in [0.25, 0.3) is 0 Å². The zero-order valence-electron chi connectivity index (χ0n) is 13.8. The molecule has 0 atom stereocenters. The third kappa shape index (κ3) is 3.06. The second-order valence-corrected chi connectivity index (χ2v) is 6.54. The molecule has 0 amide bonds. The highest BCUT2D eigenvalue weighted by Crippen LogP contribution is 2.24. The van der Waals surface area contributed by atoms with Crippen molar-refractivity contribution in [3.8, 4) is 22.9 Å². The number of ether oxygens (including phenoxy) is 2. The van der Waals surface area contributed by atoms with Crippen LogP contribution in [0.3, 0.4) is 0 Å². The summed E-state index contributed by atoms with van der Waals surface area (Å²) in [6.45, 7) is 2.43. The molecule has 0 saturated carbocycles. The van der Waals surface area contributed by atoms with Crippen molar-refractivity contribution >= 4 is 16.3 Å². The van der Waals surface area contributed by atoms with E-state index in [4.69, 9.17) is 9.47 Å². The molecule has 0 aliphatic carbocycles. The van der Waals surface area contributed by atoms with E-state index in [-0.39, 0.29) is 0 Å². The van der Waals surface area contributed by atoms with E-state index in [0.29, 0.717) is 12.4 Å². The highest BCUT2D eigenvalue weighted by molar-refractivity contribution is 7.16. The van der Waals surface area contributed by atoms with Gasteiger partial charge in [0.1, 0.15) is 18.1 Å². The first kappa shape index (κ1) is 15.6. The molecule has 0 spiro atoms. The minimum absolute atomic E-state index is 0.404. The van der Waals surface area contributed by atoms with Gasteiger partial charge in [-0.05, 0) is 42.8 Å². The van der Waals surface area contributed by atoms with Gasteiger partial charge in [0.2, 0.25) is 4.96 Å². The second kappa shape index (κ2) is 6.52. The van der Waals surface area contributed by atoms with Gasteiger partial charge >= 0.3 is 0 Å². The van der Waals surface area contributed by atoms with E-state index in [0.717, 1.165) is 32.6 Å². The molecule has 0 radical (unpaired) electrons. The number of aryl methyl sites for hydroxylation is 1. The predicted molar refractivity (Wildman–Crippen MR) is 96.2 cm³/mol. The van der Waals surface area contributed by atoms with Crippen LogP contribution in [-0.2, 0) is 6.61 Å². The number of rotatable bonds is 5. The summed E-state index contributed by atoms with van der Waals surface area (Å²) in [7, 11) is 1.64. The van der Waals surface area contributed by atoms with Gasteiger partial charge < -0.3 is 9.47 Å². The van der Waals surface area contributed by atoms with Gasteiger partial charge in [-0.3, -0.25) is 0 Å². The summed E-state index contributed by atoms with van der Waals surface area (Å²) in [4.78, 5) is 0.745. The Balaban J connectivity index is 1.58. The number of benzene rings is 2. The summed E-state index contributed by atoms with van der Waals surface area (Å²) in [6.07, 6.45) is 0. The normalized spacial score (nSPS) is 11.0. The zero-order chi connectivity index (χ0) is 17.2. The average molecular weight is 352 g/mol. The Morgan fingerprint density at radius 3 is 2.60 bits per heavy atom. The summed E-state index contributed by atoms with van der Waals surface area (Å²) in [5.74, 6) is 2.37. The number of hydrogen-bond acceptors (Lipinski definition) is 6. The van der Waals surface area contributed by atoms with Gasteiger partial charge in [-0.2, -0.15) is 9.61 Å². The van der Waals surface area contributed by atoms with Crippen molar-refractivity contribution in [3.05, 3.63) is 59.1 Å². The maximum Gasteiger partial charge on any atom is 0.235 e. The van der Waals surface area contributed by atoms with Crippen LogP contribution in [0.5, 0.6) is 11.5 Å². The zero-order valence-corrected chi connectivity index (χ0v) is 14.7. The number of aromatic nitrogens is 4. The van der Waals surface area contributed by atoms with E-state index < -0.39 is 0 Å².